The maximum absolute atomic E-state index is 10.9. The average Bonchev–Trinajstić information content (AvgIpc) is 2.35. The van der Waals surface area contributed by atoms with Crippen LogP contribution in [0.3, 0.4) is 0 Å². The van der Waals surface area contributed by atoms with E-state index in [1.54, 1.807) is 6.07 Å². The lowest BCUT2D eigenvalue weighted by atomic mass is 10.2. The molecule has 0 aliphatic carbocycles. The number of fused-ring (bicyclic) bond motifs is 1. The van der Waals surface area contributed by atoms with Crippen LogP contribution in [0.15, 0.2) is 16.8 Å². The topological polar surface area (TPSA) is 53.0 Å². The van der Waals surface area contributed by atoms with E-state index in [9.17, 15) is 5.21 Å². The lowest BCUT2D eigenvalue weighted by Crippen LogP contribution is -2.22. The molecular weight excluding hydrogens is 271 g/mol. The Balaban J connectivity index is 2.87. The zero-order valence-electron chi connectivity index (χ0n) is 6.24. The predicted molar refractivity (Wildman–Crippen MR) is 50.4 cm³/mol. The summed E-state index contributed by atoms with van der Waals surface area (Å²) in [6, 6.07) is 3.59. The van der Waals surface area contributed by atoms with Gasteiger partial charge >= 0.3 is 0 Å². The normalized spacial score (nSPS) is 10.8. The highest BCUT2D eigenvalue weighted by Crippen LogP contribution is 2.16. The Kier molecular flexibility index (Phi) is 1.67. The van der Waals surface area contributed by atoms with E-state index in [2.05, 4.69) is 32.4 Å². The van der Waals surface area contributed by atoms with Crippen LogP contribution >= 0.6 is 22.6 Å². The second-order valence-corrected chi connectivity index (χ2v) is 3.68. The number of halogens is 1. The van der Waals surface area contributed by atoms with E-state index < -0.39 is 0 Å². The molecule has 4 nitrogen and oxygen atoms in total. The third-order valence-corrected chi connectivity index (χ3v) is 2.83. The molecule has 0 amide bonds. The maximum atomic E-state index is 10.9. The number of hydrogen-bond acceptors (Lipinski definition) is 3. The molecule has 1 heterocycles. The second kappa shape index (κ2) is 2.58. The van der Waals surface area contributed by atoms with Crippen LogP contribution in [-0.4, -0.2) is 5.16 Å². The van der Waals surface area contributed by atoms with Gasteiger partial charge in [-0.05, 0) is 40.0 Å². The lowest BCUT2D eigenvalue weighted by molar-refractivity contribution is -0.782. The van der Waals surface area contributed by atoms with E-state index in [0.717, 1.165) is 9.13 Å². The highest BCUT2D eigenvalue weighted by Gasteiger charge is 2.10. The molecule has 0 fully saturated rings. The SMILES string of the molecule is Cc1cc2no[n+]([O-])c2cc1I. The molecule has 0 atom stereocenters. The lowest BCUT2D eigenvalue weighted by Gasteiger charge is -1.93. The van der Waals surface area contributed by atoms with Crippen molar-refractivity contribution in [2.45, 2.75) is 6.92 Å². The third kappa shape index (κ3) is 1.04. The molecule has 62 valence electrons. The number of nitrogens with zero attached hydrogens (tertiary/aromatic N) is 2. The minimum atomic E-state index is 0.414. The second-order valence-electron chi connectivity index (χ2n) is 2.52. The summed E-state index contributed by atoms with van der Waals surface area (Å²) in [5.74, 6) is 0. The van der Waals surface area contributed by atoms with Crippen molar-refractivity contribution in [3.63, 3.8) is 0 Å². The molecule has 2 aromatic rings. The van der Waals surface area contributed by atoms with Crippen LogP contribution in [0.5, 0.6) is 0 Å². The van der Waals surface area contributed by atoms with Gasteiger partial charge in [-0.3, -0.25) is 4.63 Å². The first kappa shape index (κ1) is 7.78. The van der Waals surface area contributed by atoms with E-state index >= 15 is 0 Å². The van der Waals surface area contributed by atoms with Crippen molar-refractivity contribution in [2.24, 2.45) is 0 Å². The van der Waals surface area contributed by atoms with Crippen LogP contribution in [0.4, 0.5) is 0 Å². The summed E-state index contributed by atoms with van der Waals surface area (Å²) in [5.41, 5.74) is 2.17. The molecule has 0 N–H and O–H groups in total. The number of rotatable bonds is 0. The van der Waals surface area contributed by atoms with Gasteiger partial charge in [0.25, 0.3) is 0 Å². The van der Waals surface area contributed by atoms with Crippen LogP contribution in [0, 0.1) is 15.7 Å². The largest absolute Gasteiger partial charge is 0.359 e. The van der Waals surface area contributed by atoms with Crippen molar-refractivity contribution < 1.29 is 9.53 Å². The van der Waals surface area contributed by atoms with Crippen LogP contribution in [-0.2, 0) is 0 Å². The summed E-state index contributed by atoms with van der Waals surface area (Å²) >= 11 is 2.16. The zero-order chi connectivity index (χ0) is 8.72. The zero-order valence-corrected chi connectivity index (χ0v) is 8.40. The Morgan fingerprint density at radius 2 is 2.33 bits per heavy atom. The summed E-state index contributed by atoms with van der Waals surface area (Å²) < 4.78 is 5.47. The molecule has 0 aliphatic rings. The van der Waals surface area contributed by atoms with Crippen LogP contribution in [0.2, 0.25) is 0 Å². The van der Waals surface area contributed by atoms with Crippen molar-refractivity contribution in [1.29, 1.82) is 0 Å². The van der Waals surface area contributed by atoms with Crippen molar-refractivity contribution in [1.82, 2.24) is 5.16 Å². The third-order valence-electron chi connectivity index (χ3n) is 1.67. The highest BCUT2D eigenvalue weighted by atomic mass is 127. The Bertz CT molecular complexity index is 438. The molecule has 1 aromatic carbocycles. The van der Waals surface area contributed by atoms with E-state index in [1.807, 2.05) is 13.0 Å². The standard InChI is InChI=1S/C7H5IN2O2/c1-4-2-6-7(3-5(4)8)10(11)12-9-6/h2-3H,1H3. The van der Waals surface area contributed by atoms with Gasteiger partial charge in [-0.25, -0.2) is 0 Å². The number of aromatic nitrogens is 2. The van der Waals surface area contributed by atoms with E-state index in [1.165, 1.54) is 0 Å². The Morgan fingerprint density at radius 3 is 3.08 bits per heavy atom. The maximum Gasteiger partial charge on any atom is 0.248 e. The molecule has 0 saturated carbocycles. The van der Waals surface area contributed by atoms with Crippen molar-refractivity contribution in [3.8, 4) is 0 Å². The van der Waals surface area contributed by atoms with Gasteiger partial charge in [0.1, 0.15) is 0 Å². The molecule has 0 spiro atoms. The van der Waals surface area contributed by atoms with Crippen molar-refractivity contribution in [3.05, 3.63) is 26.5 Å². The van der Waals surface area contributed by atoms with Crippen LogP contribution < -0.4 is 4.90 Å². The molecule has 0 bridgehead atoms. The molecule has 0 aliphatic heterocycles. The van der Waals surface area contributed by atoms with E-state index in [0.29, 0.717) is 15.9 Å². The van der Waals surface area contributed by atoms with Gasteiger partial charge in [0.2, 0.25) is 11.0 Å². The minimum absolute atomic E-state index is 0.414. The molecular formula is C7H5IN2O2. The summed E-state index contributed by atoms with van der Waals surface area (Å²) in [6.45, 7) is 1.96. The average molecular weight is 276 g/mol. The fourth-order valence-corrected chi connectivity index (χ4v) is 1.45. The summed E-state index contributed by atoms with van der Waals surface area (Å²) in [5, 5.41) is 14.5. The number of benzene rings is 1. The summed E-state index contributed by atoms with van der Waals surface area (Å²) in [6.07, 6.45) is 0. The van der Waals surface area contributed by atoms with E-state index in [-0.39, 0.29) is 0 Å². The first-order valence-corrected chi connectivity index (χ1v) is 4.42. The van der Waals surface area contributed by atoms with Gasteiger partial charge in [-0.2, -0.15) is 0 Å². The predicted octanol–water partition coefficient (Wildman–Crippen LogP) is 1.37. The molecule has 5 heteroatoms. The number of aryl methyl sites for hydroxylation is 1. The fourth-order valence-electron chi connectivity index (χ4n) is 1.00. The van der Waals surface area contributed by atoms with Gasteiger partial charge in [0, 0.05) is 20.9 Å². The Labute approximate surface area is 81.8 Å². The fraction of sp³-hybridized carbons (Fsp3) is 0.143. The monoisotopic (exact) mass is 276 g/mol. The van der Waals surface area contributed by atoms with Gasteiger partial charge in [0.05, 0.1) is 0 Å². The number of hydrogen-bond donors (Lipinski definition) is 0. The molecule has 0 radical (unpaired) electrons. The molecule has 0 unspecified atom stereocenters. The summed E-state index contributed by atoms with van der Waals surface area (Å²) in [7, 11) is 0. The molecule has 1 aromatic heterocycles. The minimum Gasteiger partial charge on any atom is -0.359 e. The quantitative estimate of drug-likeness (QED) is 0.539. The highest BCUT2D eigenvalue weighted by molar-refractivity contribution is 14.1. The molecule has 0 saturated heterocycles. The first-order chi connectivity index (χ1) is 5.68. The molecule has 12 heavy (non-hydrogen) atoms. The smallest absolute Gasteiger partial charge is 0.248 e. The Hall–Kier alpha value is -0.850. The van der Waals surface area contributed by atoms with E-state index in [4.69, 9.17) is 0 Å². The first-order valence-electron chi connectivity index (χ1n) is 3.34. The van der Waals surface area contributed by atoms with Crippen LogP contribution in [0.25, 0.3) is 11.0 Å². The van der Waals surface area contributed by atoms with Crippen LogP contribution in [0.1, 0.15) is 5.56 Å². The van der Waals surface area contributed by atoms with Gasteiger partial charge in [0.15, 0.2) is 0 Å². The summed E-state index contributed by atoms with van der Waals surface area (Å²) in [4.78, 5) is 0.414. The van der Waals surface area contributed by atoms with Crippen molar-refractivity contribution in [2.75, 3.05) is 0 Å². The Morgan fingerprint density at radius 1 is 1.58 bits per heavy atom. The van der Waals surface area contributed by atoms with Gasteiger partial charge < -0.3 is 5.21 Å². The van der Waals surface area contributed by atoms with Gasteiger partial charge in [-0.15, -0.1) is 0 Å². The molecule has 2 rings (SSSR count). The van der Waals surface area contributed by atoms with Crippen molar-refractivity contribution >= 4 is 33.6 Å². The van der Waals surface area contributed by atoms with Gasteiger partial charge in [-0.1, -0.05) is 0 Å².